The fourth-order valence-electron chi connectivity index (χ4n) is 2.51. The van der Waals surface area contributed by atoms with E-state index in [1.807, 2.05) is 0 Å². The largest absolute Gasteiger partial charge is 0.375 e. The van der Waals surface area contributed by atoms with Crippen LogP contribution in [-0.2, 0) is 19.1 Å². The number of carbonyl (C=O) groups excluding carboxylic acids is 3. The summed E-state index contributed by atoms with van der Waals surface area (Å²) in [5, 5.41) is 8.08. The molecule has 9 heteroatoms. The van der Waals surface area contributed by atoms with Crippen molar-refractivity contribution in [3.8, 4) is 0 Å². The lowest BCUT2D eigenvalue weighted by Crippen LogP contribution is -2.49. The maximum Gasteiger partial charge on any atom is 0.319 e. The Labute approximate surface area is 152 Å². The SMILES string of the molecule is COCC(=O)Nc1cccc(NC(=O)NC[C@H]2CN(C(C)=O)CCO2)c1. The molecule has 1 fully saturated rings. The standard InChI is InChI=1S/C17H24N4O5/c1-12(22)21-6-7-26-15(10-21)9-18-17(24)20-14-5-3-4-13(8-14)19-16(23)11-25-2/h3-5,8,15H,6-7,9-11H2,1-2H3,(H,19,23)(H2,18,20,24)/t15-/m0/s1. The van der Waals surface area contributed by atoms with Gasteiger partial charge in [-0.2, -0.15) is 0 Å². The molecular weight excluding hydrogens is 340 g/mol. The molecule has 1 aliphatic heterocycles. The van der Waals surface area contributed by atoms with E-state index in [0.29, 0.717) is 37.6 Å². The molecule has 1 saturated heterocycles. The monoisotopic (exact) mass is 364 g/mol. The summed E-state index contributed by atoms with van der Waals surface area (Å²) in [7, 11) is 1.44. The Balaban J connectivity index is 1.80. The quantitative estimate of drug-likeness (QED) is 0.686. The second-order valence-electron chi connectivity index (χ2n) is 5.85. The number of hydrogen-bond acceptors (Lipinski definition) is 5. The predicted octanol–water partition coefficient (Wildman–Crippen LogP) is 0.640. The molecule has 9 nitrogen and oxygen atoms in total. The lowest BCUT2D eigenvalue weighted by molar-refractivity contribution is -0.136. The first-order valence-electron chi connectivity index (χ1n) is 8.28. The van der Waals surface area contributed by atoms with Crippen molar-refractivity contribution in [1.82, 2.24) is 10.2 Å². The van der Waals surface area contributed by atoms with Crippen LogP contribution in [0.25, 0.3) is 0 Å². The van der Waals surface area contributed by atoms with E-state index in [4.69, 9.17) is 9.47 Å². The third kappa shape index (κ3) is 6.34. The summed E-state index contributed by atoms with van der Waals surface area (Å²) in [6, 6.07) is 6.38. The van der Waals surface area contributed by atoms with Gasteiger partial charge in [-0.05, 0) is 18.2 Å². The van der Waals surface area contributed by atoms with Crippen molar-refractivity contribution in [2.75, 3.05) is 50.6 Å². The van der Waals surface area contributed by atoms with Crippen molar-refractivity contribution in [2.45, 2.75) is 13.0 Å². The van der Waals surface area contributed by atoms with Gasteiger partial charge in [0.15, 0.2) is 0 Å². The average molecular weight is 364 g/mol. The molecule has 1 atom stereocenters. The van der Waals surface area contributed by atoms with Crippen LogP contribution in [0, 0.1) is 0 Å². The van der Waals surface area contributed by atoms with Crippen LogP contribution in [0.2, 0.25) is 0 Å². The second kappa shape index (κ2) is 9.73. The molecule has 26 heavy (non-hydrogen) atoms. The number of ether oxygens (including phenoxy) is 2. The lowest BCUT2D eigenvalue weighted by atomic mass is 10.2. The van der Waals surface area contributed by atoms with E-state index in [1.165, 1.54) is 14.0 Å². The van der Waals surface area contributed by atoms with Gasteiger partial charge in [-0.25, -0.2) is 4.79 Å². The van der Waals surface area contributed by atoms with Gasteiger partial charge in [-0.3, -0.25) is 9.59 Å². The van der Waals surface area contributed by atoms with Crippen molar-refractivity contribution in [3.05, 3.63) is 24.3 Å². The zero-order valence-corrected chi connectivity index (χ0v) is 14.9. The average Bonchev–Trinajstić information content (AvgIpc) is 2.60. The number of nitrogens with one attached hydrogen (secondary N) is 3. The van der Waals surface area contributed by atoms with Gasteiger partial charge < -0.3 is 30.3 Å². The molecule has 0 spiro atoms. The van der Waals surface area contributed by atoms with E-state index >= 15 is 0 Å². The molecule has 2 rings (SSSR count). The fraction of sp³-hybridized carbons (Fsp3) is 0.471. The molecule has 1 aromatic carbocycles. The topological polar surface area (TPSA) is 109 Å². The molecular formula is C17H24N4O5. The first-order chi connectivity index (χ1) is 12.5. The van der Waals surface area contributed by atoms with Crippen LogP contribution in [0.4, 0.5) is 16.2 Å². The third-order valence-corrected chi connectivity index (χ3v) is 3.75. The summed E-state index contributed by atoms with van der Waals surface area (Å²) >= 11 is 0. The Morgan fingerprint density at radius 3 is 2.69 bits per heavy atom. The van der Waals surface area contributed by atoms with E-state index in [0.717, 1.165) is 0 Å². The molecule has 0 unspecified atom stereocenters. The zero-order chi connectivity index (χ0) is 18.9. The zero-order valence-electron chi connectivity index (χ0n) is 14.9. The molecule has 0 bridgehead atoms. The highest BCUT2D eigenvalue weighted by atomic mass is 16.5. The number of anilines is 2. The van der Waals surface area contributed by atoms with E-state index < -0.39 is 6.03 Å². The van der Waals surface area contributed by atoms with Crippen molar-refractivity contribution in [2.24, 2.45) is 0 Å². The van der Waals surface area contributed by atoms with Crippen LogP contribution in [0.5, 0.6) is 0 Å². The number of morpholine rings is 1. The van der Waals surface area contributed by atoms with Crippen molar-refractivity contribution >= 4 is 29.2 Å². The Morgan fingerprint density at radius 2 is 2.00 bits per heavy atom. The number of hydrogen-bond donors (Lipinski definition) is 3. The van der Waals surface area contributed by atoms with Crippen LogP contribution in [-0.4, -0.2) is 68.8 Å². The molecule has 0 saturated carbocycles. The van der Waals surface area contributed by atoms with Crippen LogP contribution < -0.4 is 16.0 Å². The predicted molar refractivity (Wildman–Crippen MR) is 96.0 cm³/mol. The van der Waals surface area contributed by atoms with Gasteiger partial charge in [0, 0.05) is 45.0 Å². The molecule has 4 amide bonds. The number of rotatable bonds is 6. The summed E-state index contributed by atoms with van der Waals surface area (Å²) < 4.78 is 10.3. The molecule has 142 valence electrons. The van der Waals surface area contributed by atoms with E-state index in [9.17, 15) is 14.4 Å². The highest BCUT2D eigenvalue weighted by Crippen LogP contribution is 2.15. The number of benzene rings is 1. The molecule has 1 aliphatic rings. The van der Waals surface area contributed by atoms with Gasteiger partial charge in [-0.15, -0.1) is 0 Å². The molecule has 1 heterocycles. The van der Waals surface area contributed by atoms with Gasteiger partial charge in [0.05, 0.1) is 12.7 Å². The smallest absolute Gasteiger partial charge is 0.319 e. The molecule has 0 aromatic heterocycles. The minimum atomic E-state index is -0.395. The van der Waals surface area contributed by atoms with Gasteiger partial charge in [0.2, 0.25) is 11.8 Å². The summed E-state index contributed by atoms with van der Waals surface area (Å²) in [4.78, 5) is 36.7. The molecule has 1 aromatic rings. The molecule has 3 N–H and O–H groups in total. The summed E-state index contributed by atoms with van der Waals surface area (Å²) in [5.74, 6) is -0.284. The fourth-order valence-corrected chi connectivity index (χ4v) is 2.51. The van der Waals surface area contributed by atoms with Crippen LogP contribution in [0.3, 0.4) is 0 Å². The number of methoxy groups -OCH3 is 1. The first kappa shape index (κ1) is 19.7. The van der Waals surface area contributed by atoms with Crippen molar-refractivity contribution < 1.29 is 23.9 Å². The van der Waals surface area contributed by atoms with Crippen molar-refractivity contribution in [1.29, 1.82) is 0 Å². The number of amides is 4. The Morgan fingerprint density at radius 1 is 1.27 bits per heavy atom. The maximum absolute atomic E-state index is 12.0. The third-order valence-electron chi connectivity index (χ3n) is 3.75. The van der Waals surface area contributed by atoms with Gasteiger partial charge >= 0.3 is 6.03 Å². The van der Waals surface area contributed by atoms with Crippen molar-refractivity contribution in [3.63, 3.8) is 0 Å². The highest BCUT2D eigenvalue weighted by molar-refractivity contribution is 5.94. The normalized spacial score (nSPS) is 16.7. The van der Waals surface area contributed by atoms with Gasteiger partial charge in [0.25, 0.3) is 0 Å². The van der Waals surface area contributed by atoms with Crippen LogP contribution in [0.1, 0.15) is 6.92 Å². The minimum absolute atomic E-state index is 0.00455. The second-order valence-corrected chi connectivity index (χ2v) is 5.85. The van der Waals surface area contributed by atoms with Crippen LogP contribution in [0.15, 0.2) is 24.3 Å². The minimum Gasteiger partial charge on any atom is -0.375 e. The Kier molecular flexibility index (Phi) is 7.37. The number of urea groups is 1. The maximum atomic E-state index is 12.0. The first-order valence-corrected chi connectivity index (χ1v) is 8.28. The van der Waals surface area contributed by atoms with E-state index in [-0.39, 0.29) is 24.5 Å². The van der Waals surface area contributed by atoms with Gasteiger partial charge in [0.1, 0.15) is 6.61 Å². The number of carbonyl (C=O) groups is 3. The molecule has 0 radical (unpaired) electrons. The lowest BCUT2D eigenvalue weighted by Gasteiger charge is -2.32. The molecule has 0 aliphatic carbocycles. The summed E-state index contributed by atoms with van der Waals surface area (Å²) in [5.41, 5.74) is 1.09. The van der Waals surface area contributed by atoms with E-state index in [1.54, 1.807) is 29.2 Å². The van der Waals surface area contributed by atoms with Gasteiger partial charge in [-0.1, -0.05) is 6.07 Å². The highest BCUT2D eigenvalue weighted by Gasteiger charge is 2.22. The van der Waals surface area contributed by atoms with Crippen LogP contribution >= 0.6 is 0 Å². The number of nitrogens with zero attached hydrogens (tertiary/aromatic N) is 1. The van der Waals surface area contributed by atoms with E-state index in [2.05, 4.69) is 16.0 Å². The Bertz CT molecular complexity index is 652. The summed E-state index contributed by atoms with van der Waals surface area (Å²) in [6.07, 6.45) is -0.238. The Hall–Kier alpha value is -2.65. The summed E-state index contributed by atoms with van der Waals surface area (Å²) in [6.45, 7) is 3.24.